The average molecular weight is 673 g/mol. The Morgan fingerprint density at radius 2 is 1.71 bits per heavy atom. The number of phenolic OH excluding ortho intramolecular Hbond substituents is 1. The molecule has 3 aliphatic carbocycles. The summed E-state index contributed by atoms with van der Waals surface area (Å²) in [5.41, 5.74) is 6.11. The normalized spacial score (nSPS) is 24.2. The number of hydrogen-bond donors (Lipinski definition) is 6. The number of primary amides is 1. The zero-order chi connectivity index (χ0) is 36.1. The van der Waals surface area contributed by atoms with E-state index < -0.39 is 63.8 Å². The van der Waals surface area contributed by atoms with Gasteiger partial charge in [-0.2, -0.15) is 0 Å². The van der Waals surface area contributed by atoms with Crippen LogP contribution in [0.2, 0.25) is 0 Å². The summed E-state index contributed by atoms with van der Waals surface area (Å²) < 4.78 is 0. The third-order valence-electron chi connectivity index (χ3n) is 10.7. The summed E-state index contributed by atoms with van der Waals surface area (Å²) in [6.45, 7) is 12.0. The molecule has 3 aliphatic rings. The Kier molecular flexibility index (Phi) is 9.96. The molecule has 10 nitrogen and oxygen atoms in total. The standard InChI is InChI=1S/C39H48N2O8/c1-7-21-10-9-20(17-41-27(13-18(3)4)28(42)8-2)14-24(21)23-11-12-29(43)32-25(23)15-22-16-26-30(19(5)6)34(44)33(38(40)48)37(47)39(26,49)36(46)31(22)35(32)45/h9-12,14,18-19,22,26-27,30,41,43,45,47,49H,7-8,13,15-17H2,1-6H3,(H2,40,48)/t22-,26-,27?,30-,39-/m0/s1. The van der Waals surface area contributed by atoms with Gasteiger partial charge in [0.2, 0.25) is 5.78 Å². The highest BCUT2D eigenvalue weighted by Crippen LogP contribution is 2.55. The molecular weight excluding hydrogens is 624 g/mol. The lowest BCUT2D eigenvalue weighted by atomic mass is 9.54. The minimum Gasteiger partial charge on any atom is -0.508 e. The molecule has 0 aromatic heterocycles. The number of phenols is 1. The molecular formula is C39H48N2O8. The second kappa shape index (κ2) is 13.6. The number of benzene rings is 2. The molecule has 1 unspecified atom stereocenters. The molecule has 5 atom stereocenters. The van der Waals surface area contributed by atoms with E-state index in [1.54, 1.807) is 19.9 Å². The quantitative estimate of drug-likeness (QED) is 0.178. The minimum absolute atomic E-state index is 0.0498. The van der Waals surface area contributed by atoms with Gasteiger partial charge in [0.15, 0.2) is 11.4 Å². The van der Waals surface area contributed by atoms with Crippen LogP contribution < -0.4 is 11.1 Å². The van der Waals surface area contributed by atoms with Crippen LogP contribution in [0, 0.1) is 29.6 Å². The second-order valence-corrected chi connectivity index (χ2v) is 14.5. The van der Waals surface area contributed by atoms with Crippen LogP contribution in [0.25, 0.3) is 16.9 Å². The fraction of sp³-hybridized carbons (Fsp3) is 0.487. The molecule has 0 spiro atoms. The summed E-state index contributed by atoms with van der Waals surface area (Å²) in [5, 5.41) is 49.3. The van der Waals surface area contributed by atoms with Crippen molar-refractivity contribution >= 4 is 29.0 Å². The molecule has 1 amide bonds. The first-order chi connectivity index (χ1) is 23.1. The smallest absolute Gasteiger partial charge is 0.255 e. The molecule has 1 saturated carbocycles. The number of aromatic hydroxyl groups is 1. The molecule has 0 aliphatic heterocycles. The van der Waals surface area contributed by atoms with Crippen LogP contribution in [-0.2, 0) is 38.6 Å². The number of rotatable bonds is 11. The van der Waals surface area contributed by atoms with E-state index >= 15 is 0 Å². The fourth-order valence-electron chi connectivity index (χ4n) is 8.32. The first kappa shape index (κ1) is 36.0. The van der Waals surface area contributed by atoms with Gasteiger partial charge in [-0.3, -0.25) is 19.2 Å². The third-order valence-corrected chi connectivity index (χ3v) is 10.7. The van der Waals surface area contributed by atoms with Crippen LogP contribution >= 0.6 is 0 Å². The molecule has 1 fully saturated rings. The van der Waals surface area contributed by atoms with E-state index in [9.17, 15) is 39.6 Å². The van der Waals surface area contributed by atoms with Crippen molar-refractivity contribution < 1.29 is 39.6 Å². The van der Waals surface area contributed by atoms with Gasteiger partial charge in [-0.15, -0.1) is 0 Å². The first-order valence-electron chi connectivity index (χ1n) is 17.3. The van der Waals surface area contributed by atoms with Crippen LogP contribution in [-0.4, -0.2) is 55.3 Å². The van der Waals surface area contributed by atoms with Crippen LogP contribution in [0.1, 0.15) is 83.1 Å². The molecule has 0 heterocycles. The summed E-state index contributed by atoms with van der Waals surface area (Å²) in [5.74, 6) is -7.48. The van der Waals surface area contributed by atoms with Crippen molar-refractivity contribution in [3.05, 3.63) is 69.5 Å². The monoisotopic (exact) mass is 672 g/mol. The van der Waals surface area contributed by atoms with E-state index in [0.717, 1.165) is 28.7 Å². The molecule has 0 radical (unpaired) electrons. The number of ketones is 3. The molecule has 2 aromatic rings. The Labute approximate surface area is 287 Å². The van der Waals surface area contributed by atoms with Crippen molar-refractivity contribution in [1.82, 2.24) is 5.32 Å². The second-order valence-electron chi connectivity index (χ2n) is 14.5. The predicted octanol–water partition coefficient (Wildman–Crippen LogP) is 5.02. The third kappa shape index (κ3) is 5.99. The molecule has 0 saturated heterocycles. The van der Waals surface area contributed by atoms with Gasteiger partial charge in [0.1, 0.15) is 28.6 Å². The Morgan fingerprint density at radius 3 is 2.31 bits per heavy atom. The lowest BCUT2D eigenvalue weighted by molar-refractivity contribution is -0.155. The number of Topliss-reactive ketones (excluding diaryl/α,β-unsaturated/α-hetero) is 3. The fourth-order valence-corrected chi connectivity index (χ4v) is 8.32. The van der Waals surface area contributed by atoms with Crippen LogP contribution in [0.5, 0.6) is 5.75 Å². The van der Waals surface area contributed by atoms with Crippen LogP contribution in [0.4, 0.5) is 0 Å². The summed E-state index contributed by atoms with van der Waals surface area (Å²) >= 11 is 0. The Hall–Kier alpha value is -4.28. The van der Waals surface area contributed by atoms with E-state index in [-0.39, 0.29) is 41.6 Å². The van der Waals surface area contributed by atoms with Crippen LogP contribution in [0.15, 0.2) is 47.2 Å². The summed E-state index contributed by atoms with van der Waals surface area (Å²) in [4.78, 5) is 52.6. The number of carbonyl (C=O) groups is 4. The van der Waals surface area contributed by atoms with Gasteiger partial charge in [0.25, 0.3) is 5.91 Å². The van der Waals surface area contributed by atoms with Gasteiger partial charge in [0, 0.05) is 30.4 Å². The zero-order valence-electron chi connectivity index (χ0n) is 29.1. The number of aliphatic hydroxyl groups is 3. The number of aryl methyl sites for hydroxylation is 1. The average Bonchev–Trinajstić information content (AvgIpc) is 3.03. The maximum atomic E-state index is 14.2. The van der Waals surface area contributed by atoms with Crippen molar-refractivity contribution in [3.63, 3.8) is 0 Å². The molecule has 49 heavy (non-hydrogen) atoms. The van der Waals surface area contributed by atoms with E-state index in [1.807, 2.05) is 32.0 Å². The van der Waals surface area contributed by atoms with Crippen LogP contribution in [0.3, 0.4) is 0 Å². The van der Waals surface area contributed by atoms with E-state index in [1.165, 1.54) is 6.07 Å². The number of nitrogens with one attached hydrogen (secondary N) is 1. The molecule has 2 aromatic carbocycles. The molecule has 10 heteroatoms. The number of hydrogen-bond acceptors (Lipinski definition) is 9. The lowest BCUT2D eigenvalue weighted by Gasteiger charge is -2.50. The summed E-state index contributed by atoms with van der Waals surface area (Å²) in [6.07, 6.45) is 2.12. The SMILES string of the molecule is CCC(=O)C(CC(C)C)NCc1ccc(CC)c(-c2ccc(O)c3c2C[C@H]2C[C@H]4[C@H](C(C)C)C(=O)C(C(N)=O)=C(O)[C@@]4(O)C(=O)C2=C3O)c1. The van der Waals surface area contributed by atoms with Gasteiger partial charge >= 0.3 is 0 Å². The predicted molar refractivity (Wildman–Crippen MR) is 185 cm³/mol. The lowest BCUT2D eigenvalue weighted by Crippen LogP contribution is -2.62. The molecule has 0 bridgehead atoms. The largest absolute Gasteiger partial charge is 0.508 e. The topological polar surface area (TPSA) is 187 Å². The highest BCUT2D eigenvalue weighted by Gasteiger charge is 2.64. The van der Waals surface area contributed by atoms with E-state index in [2.05, 4.69) is 19.2 Å². The maximum absolute atomic E-state index is 14.2. The Bertz CT molecular complexity index is 1790. The van der Waals surface area contributed by atoms with Gasteiger partial charge < -0.3 is 31.5 Å². The zero-order valence-corrected chi connectivity index (χ0v) is 29.1. The number of aliphatic hydroxyl groups excluding tert-OH is 2. The number of amides is 1. The van der Waals surface area contributed by atoms with Crippen molar-refractivity contribution in [3.8, 4) is 16.9 Å². The highest BCUT2D eigenvalue weighted by molar-refractivity contribution is 6.23. The molecule has 262 valence electrons. The van der Waals surface area contributed by atoms with Gasteiger partial charge in [-0.05, 0) is 83.4 Å². The van der Waals surface area contributed by atoms with Gasteiger partial charge in [-0.1, -0.05) is 59.7 Å². The Morgan fingerprint density at radius 1 is 1.02 bits per heavy atom. The maximum Gasteiger partial charge on any atom is 0.255 e. The highest BCUT2D eigenvalue weighted by atomic mass is 16.3. The number of carbonyl (C=O) groups excluding carboxylic acids is 4. The van der Waals surface area contributed by atoms with Crippen molar-refractivity contribution in [2.24, 2.45) is 35.3 Å². The summed E-state index contributed by atoms with van der Waals surface area (Å²) in [6, 6.07) is 9.08. The van der Waals surface area contributed by atoms with E-state index in [0.29, 0.717) is 30.9 Å². The van der Waals surface area contributed by atoms with E-state index in [4.69, 9.17) is 5.73 Å². The molecule has 5 rings (SSSR count). The summed E-state index contributed by atoms with van der Waals surface area (Å²) in [7, 11) is 0. The Balaban J connectivity index is 1.62. The number of fused-ring (bicyclic) bond motifs is 3. The minimum atomic E-state index is -2.65. The van der Waals surface area contributed by atoms with Gasteiger partial charge in [-0.25, -0.2) is 0 Å². The van der Waals surface area contributed by atoms with Crippen molar-refractivity contribution in [1.29, 1.82) is 0 Å². The van der Waals surface area contributed by atoms with Crippen molar-refractivity contribution in [2.75, 3.05) is 0 Å². The number of nitrogens with two attached hydrogens (primary N) is 1. The molecule has 7 N–H and O–H groups in total. The first-order valence-corrected chi connectivity index (χ1v) is 17.3. The van der Waals surface area contributed by atoms with Crippen molar-refractivity contribution in [2.45, 2.75) is 91.8 Å². The van der Waals surface area contributed by atoms with Gasteiger partial charge in [0.05, 0.1) is 11.6 Å².